The number of carbonyl (C=O) groups is 1. The van der Waals surface area contributed by atoms with Gasteiger partial charge in [-0.2, -0.15) is 0 Å². The zero-order valence-corrected chi connectivity index (χ0v) is 17.3. The van der Waals surface area contributed by atoms with Crippen LogP contribution in [0.3, 0.4) is 0 Å². The average molecular weight is 400 g/mol. The topological polar surface area (TPSA) is 58.6 Å². The summed E-state index contributed by atoms with van der Waals surface area (Å²) in [6.45, 7) is 12.9. The van der Waals surface area contributed by atoms with Gasteiger partial charge in [-0.3, -0.25) is 0 Å². The van der Waals surface area contributed by atoms with Crippen molar-refractivity contribution in [2.24, 2.45) is 5.92 Å². The minimum atomic E-state index is -0.934. The van der Waals surface area contributed by atoms with Gasteiger partial charge in [0.05, 0.1) is 0 Å². The van der Waals surface area contributed by atoms with Crippen molar-refractivity contribution in [1.82, 2.24) is 5.32 Å². The molecule has 0 amide bonds. The number of nitrogens with one attached hydrogen (secondary N) is 1. The second-order valence-electron chi connectivity index (χ2n) is 7.25. The van der Waals surface area contributed by atoms with E-state index < -0.39 is 16.0 Å². The maximum atomic E-state index is 12.9. The predicted octanol–water partition coefficient (Wildman–Crippen LogP) is 2.14. The Morgan fingerprint density at radius 2 is 1.83 bits per heavy atom. The summed E-state index contributed by atoms with van der Waals surface area (Å²) in [5.41, 5.74) is -0.574. The van der Waals surface area contributed by atoms with Crippen LogP contribution in [0, 0.1) is 5.92 Å². The van der Waals surface area contributed by atoms with Crippen LogP contribution in [0.4, 0.5) is 0 Å². The van der Waals surface area contributed by atoms with E-state index in [2.05, 4.69) is 5.32 Å². The third kappa shape index (κ3) is 6.21. The molecule has 0 aliphatic rings. The van der Waals surface area contributed by atoms with Gasteiger partial charge in [0.2, 0.25) is 0 Å². The van der Waals surface area contributed by atoms with Crippen LogP contribution in [0.5, 0.6) is 0 Å². The number of ether oxygens (including phenoxy) is 1. The third-order valence-corrected chi connectivity index (χ3v) is 6.51. The van der Waals surface area contributed by atoms with Crippen molar-refractivity contribution in [3.8, 4) is 0 Å². The van der Waals surface area contributed by atoms with Gasteiger partial charge < -0.3 is 0 Å². The van der Waals surface area contributed by atoms with Crippen LogP contribution in [0.1, 0.15) is 41.5 Å². The molecule has 0 fully saturated rings. The van der Waals surface area contributed by atoms with E-state index in [1.165, 1.54) is 0 Å². The van der Waals surface area contributed by atoms with E-state index >= 15 is 0 Å². The number of hydrogen-bond donors (Lipinski definition) is 2. The Kier molecular flexibility index (Phi) is 7.94. The van der Waals surface area contributed by atoms with Crippen LogP contribution in [-0.4, -0.2) is 50.8 Å². The Bertz CT molecular complexity index is 515. The summed E-state index contributed by atoms with van der Waals surface area (Å²) in [5, 5.41) is 14.2. The van der Waals surface area contributed by atoms with E-state index in [4.69, 9.17) is 4.74 Å². The van der Waals surface area contributed by atoms with Crippen molar-refractivity contribution >= 4 is 25.4 Å². The van der Waals surface area contributed by atoms with E-state index in [9.17, 15) is 9.90 Å². The first-order valence-corrected chi connectivity index (χ1v) is 10.2. The van der Waals surface area contributed by atoms with Gasteiger partial charge in [-0.25, -0.2) is 0 Å². The quantitative estimate of drug-likeness (QED) is 0.519. The number of aliphatic hydroxyl groups excluding tert-OH is 1. The molecule has 0 saturated heterocycles. The molecule has 0 spiro atoms. The zero-order valence-electron chi connectivity index (χ0n) is 15.6. The molecule has 5 heteroatoms. The molecular weight excluding hydrogens is 369 g/mol. The van der Waals surface area contributed by atoms with Gasteiger partial charge in [0.25, 0.3) is 0 Å². The van der Waals surface area contributed by atoms with Crippen LogP contribution in [-0.2, 0) is 9.53 Å². The van der Waals surface area contributed by atoms with Crippen LogP contribution in [0.15, 0.2) is 30.3 Å². The fourth-order valence-electron chi connectivity index (χ4n) is 2.36. The Labute approximate surface area is 152 Å². The first-order chi connectivity index (χ1) is 11.1. The molecule has 1 rings (SSSR count). The van der Waals surface area contributed by atoms with Gasteiger partial charge in [-0.1, -0.05) is 0 Å². The predicted molar refractivity (Wildman–Crippen MR) is 99.8 cm³/mol. The van der Waals surface area contributed by atoms with Gasteiger partial charge in [-0.15, -0.1) is 0 Å². The van der Waals surface area contributed by atoms with Crippen molar-refractivity contribution in [2.45, 2.75) is 57.6 Å². The first-order valence-electron chi connectivity index (χ1n) is 8.46. The zero-order chi connectivity index (χ0) is 18.4. The number of benzene rings is 1. The molecule has 2 N–H and O–H groups in total. The van der Waals surface area contributed by atoms with Crippen molar-refractivity contribution in [3.63, 3.8) is 0 Å². The summed E-state index contributed by atoms with van der Waals surface area (Å²) in [6, 6.07) is 9.88. The number of hydrogen-bond acceptors (Lipinski definition) is 4. The Morgan fingerprint density at radius 3 is 2.33 bits per heavy atom. The van der Waals surface area contributed by atoms with Crippen LogP contribution >= 0.6 is 0 Å². The van der Waals surface area contributed by atoms with E-state index in [-0.39, 0.29) is 26.8 Å². The molecule has 0 unspecified atom stereocenters. The molecule has 0 heterocycles. The fourth-order valence-corrected chi connectivity index (χ4v) is 5.01. The standard InChI is InChI=1S/C19H31NO3Se/c1-7-20-13-14(2)16(21)19(6,17(22)23-18(3,4)5)24-15-11-9-8-10-12-15/h8-12,14,16,20-21H,7,13H2,1-6H3/t14-,16-,19-/m0/s1. The summed E-state index contributed by atoms with van der Waals surface area (Å²) in [4.78, 5) is 12.9. The van der Waals surface area contributed by atoms with Gasteiger partial charge in [0.1, 0.15) is 0 Å². The molecule has 0 aromatic heterocycles. The number of rotatable bonds is 8. The molecule has 0 bridgehead atoms. The van der Waals surface area contributed by atoms with Crippen LogP contribution < -0.4 is 9.78 Å². The SMILES string of the molecule is CCNC[C@H](C)[C@H](O)[C@](C)([Se]c1ccccc1)C(=O)OC(C)(C)C. The van der Waals surface area contributed by atoms with Crippen molar-refractivity contribution in [1.29, 1.82) is 0 Å². The summed E-state index contributed by atoms with van der Waals surface area (Å²) < 4.78 is 5.79. The molecule has 1 aromatic rings. The monoisotopic (exact) mass is 401 g/mol. The molecule has 136 valence electrons. The second-order valence-corrected chi connectivity index (χ2v) is 10.5. The molecule has 4 nitrogen and oxygen atoms in total. The first kappa shape index (κ1) is 21.2. The summed E-state index contributed by atoms with van der Waals surface area (Å²) in [7, 11) is 0. The van der Waals surface area contributed by atoms with E-state index in [0.29, 0.717) is 6.54 Å². The van der Waals surface area contributed by atoms with Crippen molar-refractivity contribution in [3.05, 3.63) is 30.3 Å². The van der Waals surface area contributed by atoms with Crippen LogP contribution in [0.2, 0.25) is 4.31 Å². The van der Waals surface area contributed by atoms with Gasteiger partial charge in [0, 0.05) is 0 Å². The molecule has 0 radical (unpaired) electrons. The van der Waals surface area contributed by atoms with Crippen molar-refractivity contribution < 1.29 is 14.6 Å². The Balaban J connectivity index is 3.07. The summed E-state index contributed by atoms with van der Waals surface area (Å²) in [6.07, 6.45) is -0.772. The maximum absolute atomic E-state index is 12.9. The number of carbonyl (C=O) groups excluding carboxylic acids is 1. The summed E-state index contributed by atoms with van der Waals surface area (Å²) >= 11 is -0.240. The molecular formula is C19H31NO3Se. The number of aliphatic hydroxyl groups is 1. The van der Waals surface area contributed by atoms with Gasteiger partial charge in [0.15, 0.2) is 0 Å². The second kappa shape index (κ2) is 9.00. The van der Waals surface area contributed by atoms with Crippen LogP contribution in [0.25, 0.3) is 0 Å². The van der Waals surface area contributed by atoms with E-state index in [1.54, 1.807) is 0 Å². The Morgan fingerprint density at radius 1 is 1.25 bits per heavy atom. The molecule has 3 atom stereocenters. The van der Waals surface area contributed by atoms with Gasteiger partial charge in [-0.05, 0) is 0 Å². The summed E-state index contributed by atoms with van der Waals surface area (Å²) in [5.74, 6) is -0.372. The third-order valence-electron chi connectivity index (χ3n) is 3.70. The van der Waals surface area contributed by atoms with Gasteiger partial charge >= 0.3 is 152 Å². The fraction of sp³-hybridized carbons (Fsp3) is 0.632. The van der Waals surface area contributed by atoms with E-state index in [1.807, 2.05) is 71.9 Å². The molecule has 0 aliphatic heterocycles. The molecule has 24 heavy (non-hydrogen) atoms. The van der Waals surface area contributed by atoms with E-state index in [0.717, 1.165) is 11.0 Å². The number of esters is 1. The van der Waals surface area contributed by atoms with Crippen molar-refractivity contribution in [2.75, 3.05) is 13.1 Å². The molecule has 1 aromatic carbocycles. The average Bonchev–Trinajstić information content (AvgIpc) is 2.51. The molecule has 0 saturated carbocycles. The Hall–Kier alpha value is -0.871. The normalized spacial score (nSPS) is 17.0. The minimum absolute atomic E-state index is 0.0481. The molecule has 0 aliphatic carbocycles.